The summed E-state index contributed by atoms with van der Waals surface area (Å²) < 4.78 is 30.8. The monoisotopic (exact) mass is 810 g/mol. The Morgan fingerprint density at radius 1 is 1.05 bits per heavy atom. The van der Waals surface area contributed by atoms with Crippen LogP contribution in [0.25, 0.3) is 22.3 Å². The van der Waals surface area contributed by atoms with Crippen molar-refractivity contribution >= 4 is 52.9 Å². The van der Waals surface area contributed by atoms with Crippen LogP contribution in [0.2, 0.25) is 0 Å². The highest BCUT2D eigenvalue weighted by Gasteiger charge is 2.66. The summed E-state index contributed by atoms with van der Waals surface area (Å²) in [4.78, 5) is 73.9. The number of aromatic nitrogens is 2. The largest absolute Gasteiger partial charge is 0.497 e. The average molecular weight is 811 g/mol. The van der Waals surface area contributed by atoms with Crippen molar-refractivity contribution in [2.45, 2.75) is 120 Å². The zero-order chi connectivity index (χ0) is 39.6. The molecule has 5 atom stereocenters. The van der Waals surface area contributed by atoms with Gasteiger partial charge >= 0.3 is 13.7 Å². The van der Waals surface area contributed by atoms with E-state index in [-0.39, 0.29) is 31.5 Å². The first-order valence-electron chi connectivity index (χ1n) is 19.5. The number of alkyl carbamates (subject to hydrolysis) is 1. The van der Waals surface area contributed by atoms with Gasteiger partial charge in [0.25, 0.3) is 0 Å². The molecule has 2 aliphatic carbocycles. The number of hydrogen-bond acceptors (Lipinski definition) is 11. The van der Waals surface area contributed by atoms with Gasteiger partial charge in [-0.2, -0.15) is 0 Å². The van der Waals surface area contributed by atoms with E-state index in [2.05, 4.69) is 16.0 Å². The van der Waals surface area contributed by atoms with Crippen molar-refractivity contribution in [3.8, 4) is 22.9 Å². The van der Waals surface area contributed by atoms with Gasteiger partial charge in [0.2, 0.25) is 11.8 Å². The first-order chi connectivity index (χ1) is 26.8. The lowest BCUT2D eigenvalue weighted by Crippen LogP contribution is -2.55. The molecule has 56 heavy (non-hydrogen) atoms. The molecular formula is C39H51N6O9PS. The third-order valence-corrected chi connectivity index (χ3v) is 13.5. The van der Waals surface area contributed by atoms with Gasteiger partial charge in [0.1, 0.15) is 46.8 Å². The Kier molecular flexibility index (Phi) is 11.9. The molecule has 3 fully saturated rings. The highest BCUT2D eigenvalue weighted by molar-refractivity contribution is 7.54. The molecule has 4 heterocycles. The smallest absolute Gasteiger partial charge is 0.408 e. The van der Waals surface area contributed by atoms with Crippen LogP contribution in [0, 0.1) is 5.92 Å². The molecule has 15 nitrogen and oxygen atoms in total. The average Bonchev–Trinajstić information content (AvgIpc) is 3.57. The fraction of sp³-hybridized carbons (Fsp3) is 0.564. The van der Waals surface area contributed by atoms with Crippen molar-refractivity contribution in [1.82, 2.24) is 25.5 Å². The van der Waals surface area contributed by atoms with E-state index in [9.17, 15) is 28.7 Å². The van der Waals surface area contributed by atoms with Gasteiger partial charge in [0.05, 0.1) is 24.9 Å². The Labute approximate surface area is 330 Å². The normalized spacial score (nSPS) is 26.8. The number of fused-ring (bicyclic) bond motifs is 3. The molecule has 302 valence electrons. The maximum atomic E-state index is 14.6. The van der Waals surface area contributed by atoms with Gasteiger partial charge in [0.15, 0.2) is 5.13 Å². The fourth-order valence-corrected chi connectivity index (χ4v) is 10.0. The Hall–Kier alpha value is -4.24. The molecule has 0 radical (unpaired) electrons. The number of anilines is 1. The van der Waals surface area contributed by atoms with Crippen LogP contribution < -0.4 is 25.4 Å². The molecule has 1 saturated heterocycles. The molecule has 17 heteroatoms. The molecule has 5 N–H and O–H groups in total. The number of nitrogens with zero attached hydrogens (tertiary/aromatic N) is 3. The maximum Gasteiger partial charge on any atom is 0.408 e. The first kappa shape index (κ1) is 40.0. The number of nitrogens with one attached hydrogen (secondary N) is 3. The van der Waals surface area contributed by atoms with E-state index in [4.69, 9.17) is 24.2 Å². The molecule has 1 aromatic carbocycles. The molecule has 0 bridgehead atoms. The summed E-state index contributed by atoms with van der Waals surface area (Å²) in [6.07, 6.45) is 8.87. The van der Waals surface area contributed by atoms with Gasteiger partial charge in [-0.05, 0) is 77.3 Å². The van der Waals surface area contributed by atoms with Gasteiger partial charge in [-0.25, -0.2) is 14.8 Å². The van der Waals surface area contributed by atoms with Gasteiger partial charge in [-0.1, -0.05) is 25.0 Å². The van der Waals surface area contributed by atoms with Gasteiger partial charge in [-0.3, -0.25) is 14.2 Å². The molecule has 4 aliphatic rings. The number of hydrogen-bond donors (Lipinski definition) is 5. The second kappa shape index (κ2) is 16.7. The number of allylic oxidation sites excluding steroid dienone is 1. The van der Waals surface area contributed by atoms with Crippen LogP contribution in [-0.4, -0.2) is 91.8 Å². The number of pyridine rings is 1. The van der Waals surface area contributed by atoms with Crippen LogP contribution in [0.15, 0.2) is 41.8 Å². The molecule has 2 saturated carbocycles. The molecular weight excluding hydrogens is 760 g/mol. The summed E-state index contributed by atoms with van der Waals surface area (Å²) in [6, 6.07) is 5.27. The van der Waals surface area contributed by atoms with Gasteiger partial charge < -0.3 is 44.8 Å². The molecule has 2 aromatic heterocycles. The van der Waals surface area contributed by atoms with Gasteiger partial charge in [0, 0.05) is 41.3 Å². The first-order valence-corrected chi connectivity index (χ1v) is 22.0. The van der Waals surface area contributed by atoms with Crippen molar-refractivity contribution in [2.75, 3.05) is 19.0 Å². The number of amides is 3. The van der Waals surface area contributed by atoms with E-state index in [1.165, 1.54) is 16.2 Å². The molecule has 3 amide bonds. The van der Waals surface area contributed by atoms with Crippen molar-refractivity contribution in [3.05, 3.63) is 41.8 Å². The number of thiazole rings is 1. The minimum absolute atomic E-state index is 0.0204. The molecule has 2 aliphatic heterocycles. The zero-order valence-electron chi connectivity index (χ0n) is 31.9. The lowest BCUT2D eigenvalue weighted by molar-refractivity contribution is -0.140. The Morgan fingerprint density at radius 3 is 2.59 bits per heavy atom. The number of benzene rings is 1. The lowest BCUT2D eigenvalue weighted by Gasteiger charge is -2.30. The number of carbonyl (C=O) groups is 3. The van der Waals surface area contributed by atoms with Crippen LogP contribution in [0.4, 0.5) is 9.93 Å². The van der Waals surface area contributed by atoms with Crippen LogP contribution in [0.5, 0.6) is 11.5 Å². The molecule has 1 unspecified atom stereocenters. The quantitative estimate of drug-likeness (QED) is 0.123. The Balaban J connectivity index is 1.21. The van der Waals surface area contributed by atoms with Crippen molar-refractivity contribution < 1.29 is 42.9 Å². The highest BCUT2D eigenvalue weighted by atomic mass is 32.1. The summed E-state index contributed by atoms with van der Waals surface area (Å²) in [5.41, 5.74) is 1.78. The number of rotatable bonds is 9. The predicted molar refractivity (Wildman–Crippen MR) is 212 cm³/mol. The standard InChI is InChI=1S/C39H51N6O9PS/c1-23(2)40-37-42-32(22-56-37)31-19-34(28-16-15-26(52-3)17-30(28)41-31)53-27-18-33-35(46)44-39(55(49,50)51)20-24(39)11-7-5-4-6-8-14-29(36(47)45(33)21-27)43-38(48)54-25-12-9-10-13-25/h7,11,15-17,19,22-25,27,29,33H,4-6,8-10,12-14,18,20-21H2,1-3H3,(H,40,42)(H,43,48)(H,44,46)(H2,49,50,51)/b11-7-/t24-,27-,29+,33+,39?/m1/s1. The topological polar surface area (TPSA) is 202 Å². The molecule has 7 rings (SSSR count). The van der Waals surface area contributed by atoms with Crippen LogP contribution in [0.3, 0.4) is 0 Å². The third-order valence-electron chi connectivity index (χ3n) is 11.0. The van der Waals surface area contributed by atoms with Crippen molar-refractivity contribution in [2.24, 2.45) is 5.92 Å². The van der Waals surface area contributed by atoms with E-state index >= 15 is 0 Å². The van der Waals surface area contributed by atoms with Crippen LogP contribution >= 0.6 is 18.9 Å². The second-order valence-corrected chi connectivity index (χ2v) is 18.3. The minimum Gasteiger partial charge on any atom is -0.497 e. The van der Waals surface area contributed by atoms with Crippen molar-refractivity contribution in [1.29, 1.82) is 0 Å². The lowest BCUT2D eigenvalue weighted by atomic mass is 10.0. The number of ether oxygens (including phenoxy) is 3. The predicted octanol–water partition coefficient (Wildman–Crippen LogP) is 6.10. The maximum absolute atomic E-state index is 14.6. The summed E-state index contributed by atoms with van der Waals surface area (Å²) >= 11 is 1.46. The van der Waals surface area contributed by atoms with Gasteiger partial charge in [-0.15, -0.1) is 11.3 Å². The van der Waals surface area contributed by atoms with Crippen molar-refractivity contribution in [3.63, 3.8) is 0 Å². The SMILES string of the molecule is COc1ccc2c(O[C@@H]3C[C@H]4C(=O)NC5(P(=O)(O)O)C[C@H]5/C=C\CCCCC[C@H](NC(=O)OC5CCCC5)C(=O)N4C3)cc(-c3csc(NC(C)C)n3)nc2c1. The highest BCUT2D eigenvalue weighted by Crippen LogP contribution is 2.67. The third kappa shape index (κ3) is 8.83. The van der Waals surface area contributed by atoms with E-state index in [0.29, 0.717) is 53.1 Å². The molecule has 0 spiro atoms. The van der Waals surface area contributed by atoms with E-state index in [1.807, 2.05) is 31.4 Å². The second-order valence-electron chi connectivity index (χ2n) is 15.6. The van der Waals surface area contributed by atoms with E-state index in [0.717, 1.165) is 43.7 Å². The summed E-state index contributed by atoms with van der Waals surface area (Å²) in [6.45, 7) is 4.04. The zero-order valence-corrected chi connectivity index (χ0v) is 33.7. The summed E-state index contributed by atoms with van der Waals surface area (Å²) in [7, 11) is -3.24. The molecule has 3 aromatic rings. The Morgan fingerprint density at radius 2 is 1.84 bits per heavy atom. The van der Waals surface area contributed by atoms with E-state index < -0.39 is 54.9 Å². The summed E-state index contributed by atoms with van der Waals surface area (Å²) in [5.74, 6) is -0.671. The van der Waals surface area contributed by atoms with Crippen LogP contribution in [0.1, 0.15) is 84.5 Å². The fourth-order valence-electron chi connectivity index (χ4n) is 7.98. The number of carbonyl (C=O) groups excluding carboxylic acids is 3. The Bertz CT molecular complexity index is 2010. The van der Waals surface area contributed by atoms with Crippen LogP contribution in [-0.2, 0) is 18.9 Å². The summed E-state index contributed by atoms with van der Waals surface area (Å²) in [5, 5.41) is 10.4. The number of methoxy groups -OCH3 is 1. The van der Waals surface area contributed by atoms with E-state index in [1.54, 1.807) is 31.4 Å². The minimum atomic E-state index is -4.81.